The minimum atomic E-state index is -3.63. The van der Waals surface area contributed by atoms with Gasteiger partial charge >= 0.3 is 0 Å². The average Bonchev–Trinajstić information content (AvgIpc) is 2.78. The van der Waals surface area contributed by atoms with E-state index in [-0.39, 0.29) is 10.8 Å². The zero-order valence-corrected chi connectivity index (χ0v) is 14.3. The Morgan fingerprint density at radius 3 is 2.62 bits per heavy atom. The fraction of sp³-hybridized carbons (Fsp3) is 0.333. The topological polar surface area (TPSA) is 55.8 Å². The number of hydrogen-bond acceptors (Lipinski definition) is 4. The van der Waals surface area contributed by atoms with E-state index < -0.39 is 10.0 Å². The Morgan fingerprint density at radius 1 is 1.04 bits per heavy atom. The molecular formula is C18H19NO4S. The molecule has 1 atom stereocenters. The maximum Gasteiger partial charge on any atom is 0.264 e. The molecule has 1 unspecified atom stereocenters. The van der Waals surface area contributed by atoms with Gasteiger partial charge in [0, 0.05) is 24.9 Å². The molecule has 24 heavy (non-hydrogen) atoms. The first-order valence-electron chi connectivity index (χ1n) is 8.09. The summed E-state index contributed by atoms with van der Waals surface area (Å²) in [5, 5.41) is 0. The van der Waals surface area contributed by atoms with Gasteiger partial charge in [-0.25, -0.2) is 8.42 Å². The van der Waals surface area contributed by atoms with Crippen LogP contribution in [0.25, 0.3) is 0 Å². The highest BCUT2D eigenvalue weighted by Gasteiger charge is 2.34. The molecule has 5 nitrogen and oxygen atoms in total. The van der Waals surface area contributed by atoms with E-state index in [4.69, 9.17) is 9.47 Å². The number of hydrogen-bond donors (Lipinski definition) is 0. The molecule has 0 aliphatic carbocycles. The lowest BCUT2D eigenvalue weighted by Gasteiger charge is -2.20. The van der Waals surface area contributed by atoms with E-state index in [1.807, 2.05) is 31.2 Å². The van der Waals surface area contributed by atoms with Crippen molar-refractivity contribution in [3.05, 3.63) is 48.0 Å². The van der Waals surface area contributed by atoms with Crippen molar-refractivity contribution >= 4 is 15.7 Å². The predicted octanol–water partition coefficient (Wildman–Crippen LogP) is 3.16. The van der Waals surface area contributed by atoms with Crippen molar-refractivity contribution in [3.8, 4) is 11.5 Å². The van der Waals surface area contributed by atoms with Gasteiger partial charge in [0.2, 0.25) is 0 Å². The summed E-state index contributed by atoms with van der Waals surface area (Å²) in [6.45, 7) is 3.61. The lowest BCUT2D eigenvalue weighted by molar-refractivity contribution is 0.297. The third kappa shape index (κ3) is 2.41. The van der Waals surface area contributed by atoms with E-state index in [1.54, 1.807) is 18.2 Å². The van der Waals surface area contributed by atoms with Crippen LogP contribution >= 0.6 is 0 Å². The molecule has 126 valence electrons. The number of ether oxygens (including phenoxy) is 2. The minimum absolute atomic E-state index is 0.177. The highest BCUT2D eigenvalue weighted by atomic mass is 32.2. The van der Waals surface area contributed by atoms with E-state index in [1.165, 1.54) is 4.31 Å². The fourth-order valence-corrected chi connectivity index (χ4v) is 4.83. The van der Waals surface area contributed by atoms with E-state index in [9.17, 15) is 8.42 Å². The van der Waals surface area contributed by atoms with Crippen molar-refractivity contribution in [3.63, 3.8) is 0 Å². The summed E-state index contributed by atoms with van der Waals surface area (Å²) < 4.78 is 39.0. The van der Waals surface area contributed by atoms with Crippen molar-refractivity contribution in [2.75, 3.05) is 24.1 Å². The first kappa shape index (κ1) is 15.3. The molecule has 2 aromatic rings. The zero-order valence-electron chi connectivity index (χ0n) is 13.4. The summed E-state index contributed by atoms with van der Waals surface area (Å²) in [6.07, 6.45) is 0.785. The molecule has 2 heterocycles. The van der Waals surface area contributed by atoms with Gasteiger partial charge in [-0.05, 0) is 23.8 Å². The maximum absolute atomic E-state index is 13.1. The van der Waals surface area contributed by atoms with Crippen LogP contribution in [0.4, 0.5) is 5.69 Å². The molecule has 0 spiro atoms. The van der Waals surface area contributed by atoms with Gasteiger partial charge in [-0.2, -0.15) is 0 Å². The van der Waals surface area contributed by atoms with Gasteiger partial charge in [-0.3, -0.25) is 4.31 Å². The second-order valence-electron chi connectivity index (χ2n) is 6.16. The van der Waals surface area contributed by atoms with Gasteiger partial charge in [0.05, 0.1) is 23.8 Å². The molecule has 0 aromatic heterocycles. The van der Waals surface area contributed by atoms with Crippen molar-refractivity contribution in [2.24, 2.45) is 0 Å². The van der Waals surface area contributed by atoms with Crippen molar-refractivity contribution in [1.82, 2.24) is 0 Å². The SMILES string of the molecule is CC1CN(S(=O)(=O)c2ccc3c(c2)OCCCO3)c2ccccc21. The van der Waals surface area contributed by atoms with Crippen LogP contribution < -0.4 is 13.8 Å². The molecule has 4 rings (SSSR count). The number of rotatable bonds is 2. The van der Waals surface area contributed by atoms with E-state index in [2.05, 4.69) is 0 Å². The Balaban J connectivity index is 1.75. The lowest BCUT2D eigenvalue weighted by Crippen LogP contribution is -2.29. The molecule has 0 saturated heterocycles. The number of fused-ring (bicyclic) bond motifs is 2. The molecule has 6 heteroatoms. The fourth-order valence-electron chi connectivity index (χ4n) is 3.24. The smallest absolute Gasteiger partial charge is 0.264 e. The number of anilines is 1. The van der Waals surface area contributed by atoms with Gasteiger partial charge in [0.25, 0.3) is 10.0 Å². The van der Waals surface area contributed by atoms with Crippen LogP contribution in [-0.4, -0.2) is 28.2 Å². The monoisotopic (exact) mass is 345 g/mol. The lowest BCUT2D eigenvalue weighted by atomic mass is 10.0. The Labute approximate surface area is 141 Å². The molecule has 0 N–H and O–H groups in total. The Kier molecular flexibility index (Phi) is 3.64. The van der Waals surface area contributed by atoms with E-state index >= 15 is 0 Å². The van der Waals surface area contributed by atoms with Gasteiger partial charge < -0.3 is 9.47 Å². The first-order valence-corrected chi connectivity index (χ1v) is 9.53. The number of sulfonamides is 1. The average molecular weight is 345 g/mol. The van der Waals surface area contributed by atoms with Crippen molar-refractivity contribution in [2.45, 2.75) is 24.2 Å². The second kappa shape index (κ2) is 5.70. The van der Waals surface area contributed by atoms with Gasteiger partial charge in [0.15, 0.2) is 11.5 Å². The highest BCUT2D eigenvalue weighted by Crippen LogP contribution is 2.40. The van der Waals surface area contributed by atoms with Crippen LogP contribution in [0.2, 0.25) is 0 Å². The van der Waals surface area contributed by atoms with Gasteiger partial charge in [0.1, 0.15) is 0 Å². The molecule has 2 aromatic carbocycles. The number of para-hydroxylation sites is 1. The zero-order chi connectivity index (χ0) is 16.7. The maximum atomic E-state index is 13.1. The van der Waals surface area contributed by atoms with Crippen LogP contribution in [0.5, 0.6) is 11.5 Å². The van der Waals surface area contributed by atoms with Crippen molar-refractivity contribution in [1.29, 1.82) is 0 Å². The Bertz CT molecular complexity index is 878. The molecule has 0 amide bonds. The standard InChI is InChI=1S/C18H19NO4S/c1-13-12-19(16-6-3-2-5-15(13)16)24(20,21)14-7-8-17-18(11-14)23-10-4-9-22-17/h2-3,5-8,11,13H,4,9-10,12H2,1H3. The molecule has 2 aliphatic heterocycles. The molecule has 0 bridgehead atoms. The van der Waals surface area contributed by atoms with Crippen LogP contribution in [0.15, 0.2) is 47.4 Å². The molecule has 0 saturated carbocycles. The number of benzene rings is 2. The second-order valence-corrected chi connectivity index (χ2v) is 8.02. The molecular weight excluding hydrogens is 326 g/mol. The summed E-state index contributed by atoms with van der Waals surface area (Å²) in [4.78, 5) is 0.232. The minimum Gasteiger partial charge on any atom is -0.490 e. The molecule has 0 fully saturated rings. The third-order valence-corrected chi connectivity index (χ3v) is 6.26. The summed E-state index contributed by atoms with van der Waals surface area (Å²) in [5.74, 6) is 1.27. The Hall–Kier alpha value is -2.21. The van der Waals surface area contributed by atoms with Crippen molar-refractivity contribution < 1.29 is 17.9 Å². The first-order chi connectivity index (χ1) is 11.6. The highest BCUT2D eigenvalue weighted by molar-refractivity contribution is 7.92. The summed E-state index contributed by atoms with van der Waals surface area (Å²) in [7, 11) is -3.63. The molecule has 2 aliphatic rings. The molecule has 0 radical (unpaired) electrons. The predicted molar refractivity (Wildman–Crippen MR) is 91.4 cm³/mol. The number of nitrogens with zero attached hydrogens (tertiary/aromatic N) is 1. The normalized spacial score (nSPS) is 19.7. The van der Waals surface area contributed by atoms with Crippen LogP contribution in [-0.2, 0) is 10.0 Å². The van der Waals surface area contributed by atoms with Crippen LogP contribution in [0, 0.1) is 0 Å². The van der Waals surface area contributed by atoms with E-state index in [0.29, 0.717) is 31.3 Å². The Morgan fingerprint density at radius 2 is 1.79 bits per heavy atom. The van der Waals surface area contributed by atoms with Crippen LogP contribution in [0.3, 0.4) is 0 Å². The summed E-state index contributed by atoms with van der Waals surface area (Å²) in [6, 6.07) is 12.5. The quantitative estimate of drug-likeness (QED) is 0.839. The van der Waals surface area contributed by atoms with Gasteiger partial charge in [-0.1, -0.05) is 25.1 Å². The third-order valence-electron chi connectivity index (χ3n) is 4.48. The largest absolute Gasteiger partial charge is 0.490 e. The van der Waals surface area contributed by atoms with Crippen LogP contribution in [0.1, 0.15) is 24.8 Å². The summed E-state index contributed by atoms with van der Waals surface area (Å²) >= 11 is 0. The summed E-state index contributed by atoms with van der Waals surface area (Å²) in [5.41, 5.74) is 1.83. The van der Waals surface area contributed by atoms with Gasteiger partial charge in [-0.15, -0.1) is 0 Å². The van der Waals surface area contributed by atoms with E-state index in [0.717, 1.165) is 17.7 Å².